The number of hydrogen-bond donors (Lipinski definition) is 1. The maximum atomic E-state index is 9.44. The molecule has 0 bridgehead atoms. The number of aliphatic hydroxyl groups excluding tert-OH is 1. The van der Waals surface area contributed by atoms with Crippen molar-refractivity contribution in [2.45, 2.75) is 33.0 Å². The molecule has 102 valence electrons. The molecule has 0 saturated heterocycles. The van der Waals surface area contributed by atoms with E-state index < -0.39 is 6.10 Å². The fourth-order valence-corrected chi connectivity index (χ4v) is 1.77. The Morgan fingerprint density at radius 1 is 1.47 bits per heavy atom. The maximum absolute atomic E-state index is 9.44. The molecule has 1 aromatic heterocycles. The Labute approximate surface area is 116 Å². The van der Waals surface area contributed by atoms with E-state index in [2.05, 4.69) is 10.1 Å². The number of ether oxygens (including phenoxy) is 1. The highest BCUT2D eigenvalue weighted by atomic mass is 35.5. The second-order valence-electron chi connectivity index (χ2n) is 4.11. The minimum absolute atomic E-state index is 0.167. The predicted octanol–water partition coefficient (Wildman–Crippen LogP) is 2.92. The molecule has 19 heavy (non-hydrogen) atoms. The highest BCUT2D eigenvalue weighted by molar-refractivity contribution is 6.32. The van der Waals surface area contributed by atoms with E-state index in [0.29, 0.717) is 28.9 Å². The average Bonchev–Trinajstić information content (AvgIpc) is 2.85. The fourth-order valence-electron chi connectivity index (χ4n) is 1.53. The summed E-state index contributed by atoms with van der Waals surface area (Å²) in [6, 6.07) is 5.14. The van der Waals surface area contributed by atoms with Crippen LogP contribution in [0.15, 0.2) is 22.7 Å². The molecular formula is C13H15ClN2O3. The zero-order valence-corrected chi connectivity index (χ0v) is 11.5. The standard InChI is InChI=1S/C13H15ClN2O3/c1-3-12-15-13(19-16-12)7-18-11-5-4-9(8(2)17)6-10(11)14/h4-6,8,17H,3,7H2,1-2H3/t8-/m0/s1. The van der Waals surface area contributed by atoms with Gasteiger partial charge in [-0.25, -0.2) is 0 Å². The second kappa shape index (κ2) is 6.04. The molecule has 0 radical (unpaired) electrons. The van der Waals surface area contributed by atoms with Crippen molar-refractivity contribution in [1.29, 1.82) is 0 Å². The number of rotatable bonds is 5. The van der Waals surface area contributed by atoms with Crippen LogP contribution in [0.1, 0.15) is 37.2 Å². The molecule has 0 aliphatic heterocycles. The van der Waals surface area contributed by atoms with Gasteiger partial charge in [0.15, 0.2) is 12.4 Å². The monoisotopic (exact) mass is 282 g/mol. The number of nitrogens with zero attached hydrogens (tertiary/aromatic N) is 2. The van der Waals surface area contributed by atoms with Crippen LogP contribution in [0.4, 0.5) is 0 Å². The van der Waals surface area contributed by atoms with Crippen LogP contribution in [0.2, 0.25) is 5.02 Å². The van der Waals surface area contributed by atoms with Crippen molar-refractivity contribution < 1.29 is 14.4 Å². The SMILES string of the molecule is CCc1noc(COc2ccc([C@H](C)O)cc2Cl)n1. The molecule has 1 aromatic carbocycles. The minimum Gasteiger partial charge on any atom is -0.482 e. The molecule has 1 atom stereocenters. The lowest BCUT2D eigenvalue weighted by atomic mass is 10.1. The zero-order valence-electron chi connectivity index (χ0n) is 10.8. The summed E-state index contributed by atoms with van der Waals surface area (Å²) in [6.07, 6.45) is 0.155. The van der Waals surface area contributed by atoms with E-state index in [1.54, 1.807) is 25.1 Å². The van der Waals surface area contributed by atoms with Gasteiger partial charge in [-0.3, -0.25) is 0 Å². The van der Waals surface area contributed by atoms with E-state index in [0.717, 1.165) is 5.56 Å². The molecular weight excluding hydrogens is 268 g/mol. The lowest BCUT2D eigenvalue weighted by molar-refractivity contribution is 0.199. The molecule has 2 rings (SSSR count). The van der Waals surface area contributed by atoms with Gasteiger partial charge in [0.05, 0.1) is 11.1 Å². The van der Waals surface area contributed by atoms with E-state index in [1.165, 1.54) is 0 Å². The maximum Gasteiger partial charge on any atom is 0.264 e. The Morgan fingerprint density at radius 3 is 2.84 bits per heavy atom. The van der Waals surface area contributed by atoms with Crippen molar-refractivity contribution in [3.8, 4) is 5.75 Å². The van der Waals surface area contributed by atoms with E-state index in [4.69, 9.17) is 20.9 Å². The van der Waals surface area contributed by atoms with Crippen LogP contribution in [0.25, 0.3) is 0 Å². The molecule has 0 amide bonds. The number of aromatic nitrogens is 2. The Balaban J connectivity index is 2.03. The Kier molecular flexibility index (Phi) is 4.39. The third kappa shape index (κ3) is 3.45. The van der Waals surface area contributed by atoms with E-state index in [9.17, 15) is 5.11 Å². The number of hydrogen-bond acceptors (Lipinski definition) is 5. The first-order valence-corrected chi connectivity index (χ1v) is 6.39. The van der Waals surface area contributed by atoms with Gasteiger partial charge in [0.25, 0.3) is 5.89 Å². The van der Waals surface area contributed by atoms with Gasteiger partial charge in [0, 0.05) is 6.42 Å². The van der Waals surface area contributed by atoms with Crippen molar-refractivity contribution in [2.75, 3.05) is 0 Å². The molecule has 1 heterocycles. The summed E-state index contributed by atoms with van der Waals surface area (Å²) in [5.74, 6) is 1.57. The molecule has 5 nitrogen and oxygen atoms in total. The molecule has 1 N–H and O–H groups in total. The third-order valence-electron chi connectivity index (χ3n) is 2.62. The van der Waals surface area contributed by atoms with Gasteiger partial charge >= 0.3 is 0 Å². The Morgan fingerprint density at radius 2 is 2.26 bits per heavy atom. The summed E-state index contributed by atoms with van der Waals surface area (Å²) in [7, 11) is 0. The van der Waals surface area contributed by atoms with Crippen LogP contribution in [-0.4, -0.2) is 15.2 Å². The molecule has 0 spiro atoms. The van der Waals surface area contributed by atoms with Crippen LogP contribution < -0.4 is 4.74 Å². The van der Waals surface area contributed by atoms with Crippen LogP contribution in [-0.2, 0) is 13.0 Å². The number of aliphatic hydroxyl groups is 1. The first-order valence-electron chi connectivity index (χ1n) is 6.02. The van der Waals surface area contributed by atoms with Crippen LogP contribution in [0.3, 0.4) is 0 Å². The van der Waals surface area contributed by atoms with Gasteiger partial charge in [-0.1, -0.05) is 29.7 Å². The number of benzene rings is 1. The van der Waals surface area contributed by atoms with Gasteiger partial charge in [-0.2, -0.15) is 4.98 Å². The summed E-state index contributed by atoms with van der Waals surface area (Å²) < 4.78 is 10.5. The summed E-state index contributed by atoms with van der Waals surface area (Å²) in [4.78, 5) is 4.13. The van der Waals surface area contributed by atoms with Crippen LogP contribution >= 0.6 is 11.6 Å². The number of aryl methyl sites for hydroxylation is 1. The predicted molar refractivity (Wildman–Crippen MR) is 70.1 cm³/mol. The smallest absolute Gasteiger partial charge is 0.264 e. The zero-order chi connectivity index (χ0) is 13.8. The normalized spacial score (nSPS) is 12.4. The minimum atomic E-state index is -0.561. The third-order valence-corrected chi connectivity index (χ3v) is 2.91. The van der Waals surface area contributed by atoms with E-state index in [-0.39, 0.29) is 6.61 Å². The summed E-state index contributed by atoms with van der Waals surface area (Å²) in [5, 5.41) is 13.7. The fraction of sp³-hybridized carbons (Fsp3) is 0.385. The highest BCUT2D eigenvalue weighted by Gasteiger charge is 2.09. The highest BCUT2D eigenvalue weighted by Crippen LogP contribution is 2.28. The lowest BCUT2D eigenvalue weighted by Gasteiger charge is -2.09. The summed E-state index contributed by atoms with van der Waals surface area (Å²) in [6.45, 7) is 3.79. The first-order chi connectivity index (χ1) is 9.10. The van der Waals surface area contributed by atoms with Crippen molar-refractivity contribution in [1.82, 2.24) is 10.1 Å². The first kappa shape index (κ1) is 13.8. The van der Waals surface area contributed by atoms with Crippen LogP contribution in [0, 0.1) is 0 Å². The van der Waals surface area contributed by atoms with Gasteiger partial charge in [-0.15, -0.1) is 0 Å². The molecule has 6 heteroatoms. The summed E-state index contributed by atoms with van der Waals surface area (Å²) in [5.41, 5.74) is 0.739. The molecule has 0 aliphatic rings. The largest absolute Gasteiger partial charge is 0.482 e. The van der Waals surface area contributed by atoms with Gasteiger partial charge in [0.1, 0.15) is 5.75 Å². The second-order valence-corrected chi connectivity index (χ2v) is 4.52. The molecule has 0 unspecified atom stereocenters. The summed E-state index contributed by atoms with van der Waals surface area (Å²) >= 11 is 6.07. The van der Waals surface area contributed by atoms with Crippen LogP contribution in [0.5, 0.6) is 5.75 Å². The van der Waals surface area contributed by atoms with E-state index in [1.807, 2.05) is 6.92 Å². The Hall–Kier alpha value is -1.59. The van der Waals surface area contributed by atoms with Gasteiger partial charge in [-0.05, 0) is 24.6 Å². The molecule has 0 saturated carbocycles. The van der Waals surface area contributed by atoms with Crippen molar-refractivity contribution in [3.63, 3.8) is 0 Å². The lowest BCUT2D eigenvalue weighted by Crippen LogP contribution is -1.98. The average molecular weight is 283 g/mol. The van der Waals surface area contributed by atoms with Gasteiger partial charge in [0.2, 0.25) is 0 Å². The topological polar surface area (TPSA) is 68.4 Å². The number of halogens is 1. The van der Waals surface area contributed by atoms with Crippen molar-refractivity contribution >= 4 is 11.6 Å². The van der Waals surface area contributed by atoms with Gasteiger partial charge < -0.3 is 14.4 Å². The van der Waals surface area contributed by atoms with E-state index >= 15 is 0 Å². The molecule has 2 aromatic rings. The Bertz CT molecular complexity index is 555. The van der Waals surface area contributed by atoms with Crippen molar-refractivity contribution in [2.24, 2.45) is 0 Å². The van der Waals surface area contributed by atoms with Crippen molar-refractivity contribution in [3.05, 3.63) is 40.5 Å². The molecule has 0 aliphatic carbocycles. The molecule has 0 fully saturated rings. The quantitative estimate of drug-likeness (QED) is 0.913.